The lowest BCUT2D eigenvalue weighted by Crippen LogP contribution is -2.20. The molecule has 6 nitrogen and oxygen atoms in total. The second-order valence-electron chi connectivity index (χ2n) is 5.26. The summed E-state index contributed by atoms with van der Waals surface area (Å²) in [4.78, 5) is 26.8. The van der Waals surface area contributed by atoms with E-state index in [-0.39, 0.29) is 11.8 Å². The monoisotopic (exact) mass is 303 g/mol. The summed E-state index contributed by atoms with van der Waals surface area (Å²) < 4.78 is 5.39. The number of benzene rings is 1. The third-order valence-corrected chi connectivity index (χ3v) is 3.23. The van der Waals surface area contributed by atoms with Gasteiger partial charge in [-0.05, 0) is 31.0 Å². The van der Waals surface area contributed by atoms with Crippen LogP contribution in [-0.2, 0) is 9.59 Å². The molecule has 0 fully saturated rings. The number of oxazole rings is 1. The molecular weight excluding hydrogens is 282 g/mol. The van der Waals surface area contributed by atoms with Crippen molar-refractivity contribution < 1.29 is 14.0 Å². The van der Waals surface area contributed by atoms with Crippen LogP contribution >= 0.6 is 0 Å². The average molecular weight is 303 g/mol. The number of rotatable bonds is 7. The Bertz CT molecular complexity index is 664. The predicted molar refractivity (Wildman–Crippen MR) is 84.5 cm³/mol. The number of carbonyl (C=O) groups excluding carboxylic acids is 2. The summed E-state index contributed by atoms with van der Waals surface area (Å²) >= 11 is 0. The standard InChI is InChI=1S/C16H21N3O3/c1-11(20)17-9-5-3-4-6-16(21)19-13-7-8-15-14(10-13)18-12(2)22-15/h7-8,10H,3-6,9H2,1-2H3,(H,17,20)(H,19,21). The molecule has 0 unspecified atom stereocenters. The normalized spacial score (nSPS) is 10.6. The van der Waals surface area contributed by atoms with Crippen LogP contribution < -0.4 is 10.6 Å². The minimum absolute atomic E-state index is 0.0147. The molecule has 0 aliphatic rings. The van der Waals surface area contributed by atoms with Gasteiger partial charge in [-0.1, -0.05) is 6.42 Å². The fourth-order valence-electron chi connectivity index (χ4n) is 2.20. The number of amides is 2. The molecule has 0 saturated heterocycles. The lowest BCUT2D eigenvalue weighted by atomic mass is 10.2. The highest BCUT2D eigenvalue weighted by Crippen LogP contribution is 2.19. The Labute approximate surface area is 129 Å². The van der Waals surface area contributed by atoms with Gasteiger partial charge in [0.15, 0.2) is 11.5 Å². The van der Waals surface area contributed by atoms with Crippen molar-refractivity contribution in [2.45, 2.75) is 39.5 Å². The molecule has 2 amide bonds. The number of unbranched alkanes of at least 4 members (excludes halogenated alkanes) is 2. The number of aromatic nitrogens is 1. The molecule has 1 heterocycles. The molecule has 0 aliphatic heterocycles. The summed E-state index contributed by atoms with van der Waals surface area (Å²) in [5.41, 5.74) is 2.18. The summed E-state index contributed by atoms with van der Waals surface area (Å²) in [7, 11) is 0. The van der Waals surface area contributed by atoms with Gasteiger partial charge in [0.1, 0.15) is 5.52 Å². The van der Waals surface area contributed by atoms with Gasteiger partial charge >= 0.3 is 0 Å². The summed E-state index contributed by atoms with van der Waals surface area (Å²) in [6.07, 6.45) is 3.07. The number of hydrogen-bond acceptors (Lipinski definition) is 4. The Kier molecular flexibility index (Phi) is 5.52. The van der Waals surface area contributed by atoms with Crippen molar-refractivity contribution in [1.29, 1.82) is 0 Å². The molecular formula is C16H21N3O3. The Balaban J connectivity index is 1.72. The molecule has 2 N–H and O–H groups in total. The van der Waals surface area contributed by atoms with Crippen LogP contribution in [0.15, 0.2) is 22.6 Å². The highest BCUT2D eigenvalue weighted by molar-refractivity contribution is 5.92. The first-order chi connectivity index (χ1) is 10.5. The van der Waals surface area contributed by atoms with E-state index in [1.807, 2.05) is 6.07 Å². The van der Waals surface area contributed by atoms with Crippen molar-refractivity contribution in [3.63, 3.8) is 0 Å². The highest BCUT2D eigenvalue weighted by atomic mass is 16.3. The van der Waals surface area contributed by atoms with Crippen molar-refractivity contribution in [2.75, 3.05) is 11.9 Å². The Morgan fingerprint density at radius 2 is 2.05 bits per heavy atom. The van der Waals surface area contributed by atoms with Crippen LogP contribution in [0.4, 0.5) is 5.69 Å². The molecule has 0 radical (unpaired) electrons. The maximum atomic E-state index is 11.9. The van der Waals surface area contributed by atoms with E-state index in [0.717, 1.165) is 30.5 Å². The fraction of sp³-hybridized carbons (Fsp3) is 0.438. The second kappa shape index (κ2) is 7.59. The van der Waals surface area contributed by atoms with Crippen molar-refractivity contribution in [3.05, 3.63) is 24.1 Å². The van der Waals surface area contributed by atoms with Gasteiger partial charge in [-0.25, -0.2) is 4.98 Å². The third kappa shape index (κ3) is 4.87. The number of aryl methyl sites for hydroxylation is 1. The number of nitrogens with one attached hydrogen (secondary N) is 2. The maximum absolute atomic E-state index is 11.9. The molecule has 2 rings (SSSR count). The summed E-state index contributed by atoms with van der Waals surface area (Å²) in [6.45, 7) is 3.96. The van der Waals surface area contributed by atoms with Crippen LogP contribution in [0.3, 0.4) is 0 Å². The van der Waals surface area contributed by atoms with Crippen LogP contribution in [0.1, 0.15) is 38.5 Å². The SMILES string of the molecule is CC(=O)NCCCCCC(=O)Nc1ccc2oc(C)nc2c1. The lowest BCUT2D eigenvalue weighted by molar-refractivity contribution is -0.119. The molecule has 0 aliphatic carbocycles. The lowest BCUT2D eigenvalue weighted by Gasteiger charge is -2.05. The van der Waals surface area contributed by atoms with Crippen molar-refractivity contribution in [1.82, 2.24) is 10.3 Å². The number of nitrogens with zero attached hydrogens (tertiary/aromatic N) is 1. The smallest absolute Gasteiger partial charge is 0.224 e. The molecule has 0 atom stereocenters. The Morgan fingerprint density at radius 3 is 2.82 bits per heavy atom. The molecule has 22 heavy (non-hydrogen) atoms. The largest absolute Gasteiger partial charge is 0.441 e. The topological polar surface area (TPSA) is 84.2 Å². The second-order valence-corrected chi connectivity index (χ2v) is 5.26. The van der Waals surface area contributed by atoms with E-state index in [1.54, 1.807) is 19.1 Å². The molecule has 1 aromatic carbocycles. The average Bonchev–Trinajstić information content (AvgIpc) is 2.81. The highest BCUT2D eigenvalue weighted by Gasteiger charge is 2.06. The number of carbonyl (C=O) groups is 2. The van der Waals surface area contributed by atoms with E-state index >= 15 is 0 Å². The van der Waals surface area contributed by atoms with Gasteiger partial charge in [-0.15, -0.1) is 0 Å². The maximum Gasteiger partial charge on any atom is 0.224 e. The molecule has 0 saturated carbocycles. The minimum Gasteiger partial charge on any atom is -0.441 e. The van der Waals surface area contributed by atoms with Crippen LogP contribution in [0.5, 0.6) is 0 Å². The number of fused-ring (bicyclic) bond motifs is 1. The quantitative estimate of drug-likeness (QED) is 0.770. The van der Waals surface area contributed by atoms with E-state index in [1.165, 1.54) is 6.92 Å². The van der Waals surface area contributed by atoms with Crippen LogP contribution in [0, 0.1) is 6.92 Å². The molecule has 0 spiro atoms. The van der Waals surface area contributed by atoms with Gasteiger partial charge in [-0.2, -0.15) is 0 Å². The van der Waals surface area contributed by atoms with Crippen molar-refractivity contribution >= 4 is 28.6 Å². The first-order valence-electron chi connectivity index (χ1n) is 7.46. The van der Waals surface area contributed by atoms with E-state index in [9.17, 15) is 9.59 Å². The molecule has 1 aromatic heterocycles. The van der Waals surface area contributed by atoms with E-state index in [4.69, 9.17) is 4.42 Å². The number of hydrogen-bond donors (Lipinski definition) is 2. The van der Waals surface area contributed by atoms with E-state index in [0.29, 0.717) is 24.4 Å². The van der Waals surface area contributed by atoms with Gasteiger partial charge in [0, 0.05) is 32.5 Å². The van der Waals surface area contributed by atoms with E-state index in [2.05, 4.69) is 15.6 Å². The van der Waals surface area contributed by atoms with Crippen molar-refractivity contribution in [3.8, 4) is 0 Å². The van der Waals surface area contributed by atoms with Crippen molar-refractivity contribution in [2.24, 2.45) is 0 Å². The zero-order valence-corrected chi connectivity index (χ0v) is 12.9. The van der Waals surface area contributed by atoms with Gasteiger partial charge in [0.2, 0.25) is 11.8 Å². The van der Waals surface area contributed by atoms with Gasteiger partial charge in [0.25, 0.3) is 0 Å². The predicted octanol–water partition coefficient (Wildman–Crippen LogP) is 2.77. The number of anilines is 1. The van der Waals surface area contributed by atoms with Crippen LogP contribution in [-0.4, -0.2) is 23.3 Å². The zero-order valence-electron chi connectivity index (χ0n) is 12.9. The van der Waals surface area contributed by atoms with Gasteiger partial charge in [-0.3, -0.25) is 9.59 Å². The molecule has 0 bridgehead atoms. The molecule has 6 heteroatoms. The van der Waals surface area contributed by atoms with Crippen LogP contribution in [0.25, 0.3) is 11.1 Å². The summed E-state index contributed by atoms with van der Waals surface area (Å²) in [6, 6.07) is 5.42. The first-order valence-corrected chi connectivity index (χ1v) is 7.46. The zero-order chi connectivity index (χ0) is 15.9. The van der Waals surface area contributed by atoms with E-state index < -0.39 is 0 Å². The molecule has 118 valence electrons. The minimum atomic E-state index is -0.0174. The van der Waals surface area contributed by atoms with Crippen LogP contribution in [0.2, 0.25) is 0 Å². The first kappa shape index (κ1) is 16.0. The van der Waals surface area contributed by atoms with Gasteiger partial charge in [0.05, 0.1) is 0 Å². The summed E-state index contributed by atoms with van der Waals surface area (Å²) in [5.74, 6) is 0.577. The third-order valence-electron chi connectivity index (χ3n) is 3.23. The Morgan fingerprint density at radius 1 is 1.23 bits per heavy atom. The van der Waals surface area contributed by atoms with Gasteiger partial charge < -0.3 is 15.1 Å². The summed E-state index contributed by atoms with van der Waals surface area (Å²) in [5, 5.41) is 5.60. The molecule has 2 aromatic rings. The fourth-order valence-corrected chi connectivity index (χ4v) is 2.20. The Hall–Kier alpha value is -2.37.